The summed E-state index contributed by atoms with van der Waals surface area (Å²) in [5, 5.41) is 1.80. The molecule has 1 aromatic carbocycles. The number of aryl methyl sites for hydroxylation is 1. The summed E-state index contributed by atoms with van der Waals surface area (Å²) in [4.78, 5) is 10.4. The Bertz CT molecular complexity index is 487. The smallest absolute Gasteiger partial charge is 0.125 e. The lowest BCUT2D eigenvalue weighted by molar-refractivity contribution is -0.107. The van der Waals surface area contributed by atoms with Crippen LogP contribution in [0.5, 0.6) is 0 Å². The molecule has 0 fully saturated rings. The maximum atomic E-state index is 10.4. The van der Waals surface area contributed by atoms with Crippen LogP contribution in [-0.2, 0) is 18.3 Å². The van der Waals surface area contributed by atoms with E-state index in [1.807, 2.05) is 35.9 Å². The number of halogens is 1. The largest absolute Gasteiger partial charge is 0.346 e. The summed E-state index contributed by atoms with van der Waals surface area (Å²) < 4.78 is 1.96. The van der Waals surface area contributed by atoms with Gasteiger partial charge in [0.1, 0.15) is 6.29 Å². The Morgan fingerprint density at radius 2 is 2.29 bits per heavy atom. The Hall–Kier alpha value is -1.28. The summed E-state index contributed by atoms with van der Waals surface area (Å²) in [6.07, 6.45) is 1.34. The van der Waals surface area contributed by atoms with Crippen LogP contribution in [-0.4, -0.2) is 10.9 Å². The van der Waals surface area contributed by atoms with Crippen molar-refractivity contribution in [2.45, 2.75) is 6.42 Å². The molecular weight excluding hydrogens is 198 g/mol. The highest BCUT2D eigenvalue weighted by Gasteiger charge is 2.07. The van der Waals surface area contributed by atoms with Crippen molar-refractivity contribution in [1.82, 2.24) is 4.57 Å². The lowest BCUT2D eigenvalue weighted by Gasteiger charge is -2.01. The van der Waals surface area contributed by atoms with Gasteiger partial charge in [0, 0.05) is 24.5 Å². The molecule has 72 valence electrons. The Kier molecular flexibility index (Phi) is 2.30. The standard InChI is InChI=1S/C11H10ClNO/c1-13-9(5-6-14)7-8-3-2-4-10(12)11(8)13/h2-4,6-7H,5H2,1H3. The number of carbonyl (C=O) groups excluding carboxylic acids is 1. The molecule has 3 heteroatoms. The van der Waals surface area contributed by atoms with Gasteiger partial charge in [-0.05, 0) is 12.1 Å². The predicted molar refractivity (Wildman–Crippen MR) is 57.7 cm³/mol. The molecule has 0 aliphatic carbocycles. The molecule has 1 heterocycles. The molecule has 0 bridgehead atoms. The lowest BCUT2D eigenvalue weighted by Crippen LogP contribution is -1.96. The van der Waals surface area contributed by atoms with Crippen molar-refractivity contribution >= 4 is 28.8 Å². The molecule has 0 radical (unpaired) electrons. The molecule has 0 aliphatic heterocycles. The van der Waals surface area contributed by atoms with Crippen LogP contribution in [0.15, 0.2) is 24.3 Å². The molecule has 0 amide bonds. The number of carbonyl (C=O) groups is 1. The minimum atomic E-state index is 0.432. The first kappa shape index (κ1) is 9.28. The average molecular weight is 208 g/mol. The summed E-state index contributed by atoms with van der Waals surface area (Å²) in [5.74, 6) is 0. The van der Waals surface area contributed by atoms with E-state index < -0.39 is 0 Å². The lowest BCUT2D eigenvalue weighted by atomic mass is 10.2. The Morgan fingerprint density at radius 3 is 2.93 bits per heavy atom. The van der Waals surface area contributed by atoms with Crippen molar-refractivity contribution in [3.63, 3.8) is 0 Å². The molecule has 0 aliphatic rings. The van der Waals surface area contributed by atoms with Gasteiger partial charge in [0.2, 0.25) is 0 Å². The molecule has 0 atom stereocenters. The first-order valence-corrected chi connectivity index (χ1v) is 4.78. The van der Waals surface area contributed by atoms with E-state index in [0.717, 1.165) is 27.9 Å². The maximum absolute atomic E-state index is 10.4. The number of aldehydes is 1. The van der Waals surface area contributed by atoms with Gasteiger partial charge in [0.15, 0.2) is 0 Å². The fraction of sp³-hybridized carbons (Fsp3) is 0.182. The van der Waals surface area contributed by atoms with Gasteiger partial charge in [-0.25, -0.2) is 0 Å². The third-order valence-electron chi connectivity index (χ3n) is 2.40. The van der Waals surface area contributed by atoms with Crippen molar-refractivity contribution < 1.29 is 4.79 Å². The van der Waals surface area contributed by atoms with Gasteiger partial charge >= 0.3 is 0 Å². The second kappa shape index (κ2) is 3.46. The van der Waals surface area contributed by atoms with Crippen LogP contribution in [0.3, 0.4) is 0 Å². The number of hydrogen-bond acceptors (Lipinski definition) is 1. The molecule has 2 rings (SSSR count). The maximum Gasteiger partial charge on any atom is 0.125 e. The van der Waals surface area contributed by atoms with E-state index in [1.54, 1.807) is 0 Å². The van der Waals surface area contributed by atoms with E-state index in [1.165, 1.54) is 0 Å². The number of benzene rings is 1. The third-order valence-corrected chi connectivity index (χ3v) is 2.70. The molecule has 0 N–H and O–H groups in total. The van der Waals surface area contributed by atoms with E-state index in [2.05, 4.69) is 0 Å². The summed E-state index contributed by atoms with van der Waals surface area (Å²) in [6.45, 7) is 0. The topological polar surface area (TPSA) is 22.0 Å². The van der Waals surface area contributed by atoms with Crippen molar-refractivity contribution in [2.75, 3.05) is 0 Å². The van der Waals surface area contributed by atoms with Crippen LogP contribution in [0.2, 0.25) is 5.02 Å². The molecular formula is C11H10ClNO. The van der Waals surface area contributed by atoms with E-state index in [0.29, 0.717) is 6.42 Å². The van der Waals surface area contributed by atoms with Crippen molar-refractivity contribution in [1.29, 1.82) is 0 Å². The molecule has 0 unspecified atom stereocenters. The number of nitrogens with zero attached hydrogens (tertiary/aromatic N) is 1. The van der Waals surface area contributed by atoms with Crippen molar-refractivity contribution in [3.8, 4) is 0 Å². The monoisotopic (exact) mass is 207 g/mol. The van der Waals surface area contributed by atoms with Crippen LogP contribution < -0.4 is 0 Å². The van der Waals surface area contributed by atoms with E-state index >= 15 is 0 Å². The number of hydrogen-bond donors (Lipinski definition) is 0. The van der Waals surface area contributed by atoms with Crippen molar-refractivity contribution in [3.05, 3.63) is 35.0 Å². The van der Waals surface area contributed by atoms with Crippen LogP contribution in [0, 0.1) is 0 Å². The van der Waals surface area contributed by atoms with Gasteiger partial charge in [-0.1, -0.05) is 23.7 Å². The van der Waals surface area contributed by atoms with E-state index in [9.17, 15) is 4.79 Å². The molecule has 2 aromatic rings. The predicted octanol–water partition coefficient (Wildman–Crippen LogP) is 2.57. The zero-order chi connectivity index (χ0) is 10.1. The van der Waals surface area contributed by atoms with E-state index in [-0.39, 0.29) is 0 Å². The molecule has 14 heavy (non-hydrogen) atoms. The number of fused-ring (bicyclic) bond motifs is 1. The Labute approximate surface area is 87.1 Å². The number of rotatable bonds is 2. The normalized spacial score (nSPS) is 10.7. The minimum absolute atomic E-state index is 0.432. The third kappa shape index (κ3) is 1.32. The molecule has 0 spiro atoms. The summed E-state index contributed by atoms with van der Waals surface area (Å²) >= 11 is 6.07. The Balaban J connectivity index is 2.73. The molecule has 0 saturated carbocycles. The van der Waals surface area contributed by atoms with Crippen LogP contribution >= 0.6 is 11.6 Å². The first-order chi connectivity index (χ1) is 6.74. The number of para-hydroxylation sites is 1. The van der Waals surface area contributed by atoms with Crippen molar-refractivity contribution in [2.24, 2.45) is 7.05 Å². The van der Waals surface area contributed by atoms with Gasteiger partial charge in [-0.2, -0.15) is 0 Å². The van der Waals surface area contributed by atoms with Crippen LogP contribution in [0.4, 0.5) is 0 Å². The fourth-order valence-electron chi connectivity index (χ4n) is 1.70. The highest BCUT2D eigenvalue weighted by Crippen LogP contribution is 2.25. The van der Waals surface area contributed by atoms with E-state index in [4.69, 9.17) is 11.6 Å². The van der Waals surface area contributed by atoms with Gasteiger partial charge in [0.05, 0.1) is 10.5 Å². The summed E-state index contributed by atoms with van der Waals surface area (Å²) in [5.41, 5.74) is 1.98. The van der Waals surface area contributed by atoms with Gasteiger partial charge < -0.3 is 9.36 Å². The van der Waals surface area contributed by atoms with Gasteiger partial charge in [-0.3, -0.25) is 0 Å². The van der Waals surface area contributed by atoms with Crippen LogP contribution in [0.1, 0.15) is 5.69 Å². The highest BCUT2D eigenvalue weighted by atomic mass is 35.5. The summed E-state index contributed by atoms with van der Waals surface area (Å²) in [7, 11) is 1.92. The van der Waals surface area contributed by atoms with Crippen LogP contribution in [0.25, 0.3) is 10.9 Å². The Morgan fingerprint density at radius 1 is 1.50 bits per heavy atom. The van der Waals surface area contributed by atoms with Gasteiger partial charge in [0.25, 0.3) is 0 Å². The summed E-state index contributed by atoms with van der Waals surface area (Å²) in [6, 6.07) is 7.76. The zero-order valence-electron chi connectivity index (χ0n) is 7.83. The highest BCUT2D eigenvalue weighted by molar-refractivity contribution is 6.35. The second-order valence-corrected chi connectivity index (χ2v) is 3.65. The quantitative estimate of drug-likeness (QED) is 0.694. The molecule has 0 saturated heterocycles. The zero-order valence-corrected chi connectivity index (χ0v) is 8.58. The molecule has 2 nitrogen and oxygen atoms in total. The fourth-order valence-corrected chi connectivity index (χ4v) is 2.01. The van der Waals surface area contributed by atoms with Gasteiger partial charge in [-0.15, -0.1) is 0 Å². The average Bonchev–Trinajstić information content (AvgIpc) is 2.46. The number of aromatic nitrogens is 1. The SMILES string of the molecule is Cn1c(CC=O)cc2cccc(Cl)c21. The first-order valence-electron chi connectivity index (χ1n) is 4.40. The minimum Gasteiger partial charge on any atom is -0.346 e. The molecule has 1 aromatic heterocycles. The second-order valence-electron chi connectivity index (χ2n) is 3.24.